The number of amides is 1. The Hall–Kier alpha value is -2.69. The number of rotatable bonds is 6. The third kappa shape index (κ3) is 3.79. The minimum Gasteiger partial charge on any atom is -0.497 e. The molecule has 5 heteroatoms. The number of carbonyl (C=O) groups excluding carboxylic acids is 1. The topological polar surface area (TPSA) is 56.8 Å². The highest BCUT2D eigenvalue weighted by Gasteiger charge is 2.25. The van der Waals surface area contributed by atoms with E-state index in [2.05, 4.69) is 5.32 Å². The summed E-state index contributed by atoms with van der Waals surface area (Å²) in [4.78, 5) is 12.5. The van der Waals surface area contributed by atoms with Crippen LogP contribution in [0.25, 0.3) is 0 Å². The number of ether oxygens (including phenoxy) is 3. The van der Waals surface area contributed by atoms with E-state index in [1.54, 1.807) is 45.6 Å². The fourth-order valence-corrected chi connectivity index (χ4v) is 2.40. The number of hydrogen-bond acceptors (Lipinski definition) is 4. The van der Waals surface area contributed by atoms with Crippen LogP contribution in [0.3, 0.4) is 0 Å². The number of benzene rings is 2. The third-order valence-electron chi connectivity index (χ3n) is 3.88. The van der Waals surface area contributed by atoms with Crippen molar-refractivity contribution < 1.29 is 19.0 Å². The Morgan fingerprint density at radius 2 is 1.50 bits per heavy atom. The molecule has 0 unspecified atom stereocenters. The quantitative estimate of drug-likeness (QED) is 0.883. The van der Waals surface area contributed by atoms with E-state index in [0.29, 0.717) is 22.8 Å². The van der Waals surface area contributed by atoms with E-state index in [-0.39, 0.29) is 5.91 Å². The maximum Gasteiger partial charge on any atom is 0.251 e. The summed E-state index contributed by atoms with van der Waals surface area (Å²) in [5, 5.41) is 3.04. The molecule has 0 aliphatic rings. The third-order valence-corrected chi connectivity index (χ3v) is 3.88. The molecule has 0 heterocycles. The molecule has 0 atom stereocenters. The van der Waals surface area contributed by atoms with Gasteiger partial charge in [0.05, 0.1) is 26.9 Å². The van der Waals surface area contributed by atoms with Crippen molar-refractivity contribution in [1.29, 1.82) is 0 Å². The highest BCUT2D eigenvalue weighted by Crippen LogP contribution is 2.32. The normalized spacial score (nSPS) is 10.9. The second-order valence-corrected chi connectivity index (χ2v) is 5.88. The number of hydrogen-bond donors (Lipinski definition) is 1. The predicted octanol–water partition coefficient (Wildman–Crippen LogP) is 3.38. The van der Waals surface area contributed by atoms with Crippen molar-refractivity contribution in [2.75, 3.05) is 21.3 Å². The molecule has 2 rings (SSSR count). The van der Waals surface area contributed by atoms with E-state index < -0.39 is 5.54 Å². The highest BCUT2D eigenvalue weighted by atomic mass is 16.5. The molecule has 2 aromatic rings. The fraction of sp³-hybridized carbons (Fsp3) is 0.316. The van der Waals surface area contributed by atoms with Gasteiger partial charge in [0.2, 0.25) is 0 Å². The van der Waals surface area contributed by atoms with Crippen LogP contribution >= 0.6 is 0 Å². The van der Waals surface area contributed by atoms with Crippen LogP contribution in [0.1, 0.15) is 29.8 Å². The SMILES string of the molecule is COc1ccc(C(=O)NC(C)(C)c2ccc(OC)c(OC)c2)cc1. The van der Waals surface area contributed by atoms with Crippen molar-refractivity contribution >= 4 is 5.91 Å². The van der Waals surface area contributed by atoms with Crippen LogP contribution in [0.5, 0.6) is 17.2 Å². The van der Waals surface area contributed by atoms with Gasteiger partial charge in [-0.3, -0.25) is 4.79 Å². The molecule has 0 radical (unpaired) electrons. The van der Waals surface area contributed by atoms with Gasteiger partial charge in [0, 0.05) is 5.56 Å². The van der Waals surface area contributed by atoms with Gasteiger partial charge in [-0.05, 0) is 55.8 Å². The lowest BCUT2D eigenvalue weighted by molar-refractivity contribution is 0.0912. The Balaban J connectivity index is 2.21. The first-order valence-electron chi connectivity index (χ1n) is 7.60. The van der Waals surface area contributed by atoms with Crippen LogP contribution in [0, 0.1) is 0 Å². The molecule has 0 aliphatic heterocycles. The maximum atomic E-state index is 12.5. The summed E-state index contributed by atoms with van der Waals surface area (Å²) in [6.07, 6.45) is 0. The van der Waals surface area contributed by atoms with E-state index >= 15 is 0 Å². The minimum atomic E-state index is -0.573. The van der Waals surface area contributed by atoms with Crippen molar-refractivity contribution in [1.82, 2.24) is 5.32 Å². The summed E-state index contributed by atoms with van der Waals surface area (Å²) in [6.45, 7) is 3.88. The van der Waals surface area contributed by atoms with Crippen LogP contribution in [0.15, 0.2) is 42.5 Å². The van der Waals surface area contributed by atoms with Gasteiger partial charge in [-0.2, -0.15) is 0 Å². The Bertz CT molecular complexity index is 708. The van der Waals surface area contributed by atoms with E-state index in [4.69, 9.17) is 14.2 Å². The molecule has 2 aromatic carbocycles. The summed E-state index contributed by atoms with van der Waals surface area (Å²) < 4.78 is 15.7. The van der Waals surface area contributed by atoms with E-state index in [9.17, 15) is 4.79 Å². The first-order chi connectivity index (χ1) is 11.4. The van der Waals surface area contributed by atoms with Crippen LogP contribution in [-0.2, 0) is 5.54 Å². The summed E-state index contributed by atoms with van der Waals surface area (Å²) in [5.74, 6) is 1.84. The lowest BCUT2D eigenvalue weighted by Crippen LogP contribution is -2.41. The zero-order chi connectivity index (χ0) is 17.7. The molecule has 5 nitrogen and oxygen atoms in total. The number of methoxy groups -OCH3 is 3. The smallest absolute Gasteiger partial charge is 0.251 e. The van der Waals surface area contributed by atoms with Gasteiger partial charge >= 0.3 is 0 Å². The average molecular weight is 329 g/mol. The van der Waals surface area contributed by atoms with Crippen molar-refractivity contribution in [2.24, 2.45) is 0 Å². The first kappa shape index (κ1) is 17.7. The number of carbonyl (C=O) groups is 1. The Morgan fingerprint density at radius 3 is 2.04 bits per heavy atom. The lowest BCUT2D eigenvalue weighted by Gasteiger charge is -2.27. The second-order valence-electron chi connectivity index (χ2n) is 5.88. The summed E-state index contributed by atoms with van der Waals surface area (Å²) in [7, 11) is 4.77. The summed E-state index contributed by atoms with van der Waals surface area (Å²) >= 11 is 0. The molecule has 0 spiro atoms. The van der Waals surface area contributed by atoms with Gasteiger partial charge in [0.1, 0.15) is 5.75 Å². The molecule has 0 aromatic heterocycles. The fourth-order valence-electron chi connectivity index (χ4n) is 2.40. The highest BCUT2D eigenvalue weighted by molar-refractivity contribution is 5.94. The summed E-state index contributed by atoms with van der Waals surface area (Å²) in [6, 6.07) is 12.6. The molecule has 24 heavy (non-hydrogen) atoms. The average Bonchev–Trinajstić information content (AvgIpc) is 2.60. The number of nitrogens with one attached hydrogen (secondary N) is 1. The monoisotopic (exact) mass is 329 g/mol. The van der Waals surface area contributed by atoms with Crippen LogP contribution in [0.4, 0.5) is 0 Å². The Kier molecular flexibility index (Phi) is 5.34. The zero-order valence-corrected chi connectivity index (χ0v) is 14.7. The van der Waals surface area contributed by atoms with Crippen molar-refractivity contribution in [3.05, 3.63) is 53.6 Å². The minimum absolute atomic E-state index is 0.155. The largest absolute Gasteiger partial charge is 0.497 e. The van der Waals surface area contributed by atoms with E-state index in [1.165, 1.54) is 0 Å². The lowest BCUT2D eigenvalue weighted by atomic mass is 9.93. The van der Waals surface area contributed by atoms with Gasteiger partial charge in [0.15, 0.2) is 11.5 Å². The van der Waals surface area contributed by atoms with Crippen molar-refractivity contribution in [2.45, 2.75) is 19.4 Å². The van der Waals surface area contributed by atoms with Crippen LogP contribution in [0.2, 0.25) is 0 Å². The molecule has 0 saturated heterocycles. The second kappa shape index (κ2) is 7.25. The van der Waals surface area contributed by atoms with Gasteiger partial charge < -0.3 is 19.5 Å². The molecule has 0 fully saturated rings. The Morgan fingerprint density at radius 1 is 0.875 bits per heavy atom. The molecule has 0 bridgehead atoms. The van der Waals surface area contributed by atoms with Gasteiger partial charge in [0.25, 0.3) is 5.91 Å². The van der Waals surface area contributed by atoms with Gasteiger partial charge in [-0.1, -0.05) is 6.07 Å². The van der Waals surface area contributed by atoms with E-state index in [1.807, 2.05) is 32.0 Å². The zero-order valence-electron chi connectivity index (χ0n) is 14.7. The molecule has 0 aliphatic carbocycles. The Labute approximate surface area is 142 Å². The predicted molar refractivity (Wildman–Crippen MR) is 93.0 cm³/mol. The van der Waals surface area contributed by atoms with Gasteiger partial charge in [-0.25, -0.2) is 0 Å². The van der Waals surface area contributed by atoms with Crippen molar-refractivity contribution in [3.8, 4) is 17.2 Å². The molecule has 128 valence electrons. The van der Waals surface area contributed by atoms with Gasteiger partial charge in [-0.15, -0.1) is 0 Å². The maximum absolute atomic E-state index is 12.5. The van der Waals surface area contributed by atoms with Crippen LogP contribution < -0.4 is 19.5 Å². The summed E-state index contributed by atoms with van der Waals surface area (Å²) in [5.41, 5.74) is 0.919. The molecular weight excluding hydrogens is 306 g/mol. The standard InChI is InChI=1S/C19H23NO4/c1-19(2,14-8-11-16(23-4)17(12-14)24-5)20-18(21)13-6-9-15(22-3)10-7-13/h6-12H,1-5H3,(H,20,21). The van der Waals surface area contributed by atoms with Crippen molar-refractivity contribution in [3.63, 3.8) is 0 Å². The molecule has 1 amide bonds. The molecule has 0 saturated carbocycles. The molecular formula is C19H23NO4. The molecule has 1 N–H and O–H groups in total. The van der Waals surface area contributed by atoms with E-state index in [0.717, 1.165) is 5.56 Å². The first-order valence-corrected chi connectivity index (χ1v) is 7.60. The van der Waals surface area contributed by atoms with Crippen LogP contribution in [-0.4, -0.2) is 27.2 Å².